The quantitative estimate of drug-likeness (QED) is 0.598. The number of hydrogen-bond acceptors (Lipinski definition) is 3. The Kier molecular flexibility index (Phi) is 6.07. The fourth-order valence-corrected chi connectivity index (χ4v) is 2.67. The molecule has 0 saturated carbocycles. The third-order valence-corrected chi connectivity index (χ3v) is 4.03. The monoisotopic (exact) mass is 362 g/mol. The summed E-state index contributed by atoms with van der Waals surface area (Å²) in [5.41, 5.74) is 2.60. The number of anilines is 1. The third-order valence-electron chi connectivity index (χ3n) is 4.03. The molecule has 3 N–H and O–H groups in total. The average molecular weight is 362 g/mol. The summed E-state index contributed by atoms with van der Waals surface area (Å²) in [4.78, 5) is 12.2. The molecule has 0 fully saturated rings. The number of ether oxygens (including phenoxy) is 1. The number of rotatable bonds is 6. The molecule has 2 amide bonds. The van der Waals surface area contributed by atoms with E-state index in [-0.39, 0.29) is 12.6 Å². The first-order valence-corrected chi connectivity index (χ1v) is 8.72. The number of aliphatic hydroxyl groups is 1. The Morgan fingerprint density at radius 3 is 2.37 bits per heavy atom. The molecule has 3 aromatic carbocycles. The van der Waals surface area contributed by atoms with Crippen molar-refractivity contribution in [3.05, 3.63) is 90.0 Å². The van der Waals surface area contributed by atoms with E-state index in [9.17, 15) is 9.90 Å². The molecule has 1 atom stereocenters. The van der Waals surface area contributed by atoms with Gasteiger partial charge in [0.1, 0.15) is 11.5 Å². The van der Waals surface area contributed by atoms with Crippen molar-refractivity contribution >= 4 is 11.7 Å². The van der Waals surface area contributed by atoms with Crippen LogP contribution in [0, 0.1) is 6.92 Å². The minimum Gasteiger partial charge on any atom is -0.457 e. The zero-order chi connectivity index (χ0) is 19.1. The molecule has 0 unspecified atom stereocenters. The van der Waals surface area contributed by atoms with E-state index in [4.69, 9.17) is 4.74 Å². The molecule has 0 radical (unpaired) electrons. The molecule has 0 aromatic heterocycles. The Hall–Kier alpha value is -3.31. The second-order valence-electron chi connectivity index (χ2n) is 6.19. The lowest BCUT2D eigenvalue weighted by molar-refractivity contribution is 0.225. The van der Waals surface area contributed by atoms with Crippen LogP contribution in [0.2, 0.25) is 0 Å². The lowest BCUT2D eigenvalue weighted by Crippen LogP contribution is -2.34. The number of urea groups is 1. The van der Waals surface area contributed by atoms with Gasteiger partial charge in [0.2, 0.25) is 0 Å². The van der Waals surface area contributed by atoms with Crippen molar-refractivity contribution in [2.75, 3.05) is 11.9 Å². The summed E-state index contributed by atoms with van der Waals surface area (Å²) in [7, 11) is 0. The van der Waals surface area contributed by atoms with Gasteiger partial charge < -0.3 is 20.5 Å². The number of aryl methyl sites for hydroxylation is 1. The van der Waals surface area contributed by atoms with Gasteiger partial charge in [0.05, 0.1) is 12.6 Å². The predicted octanol–water partition coefficient (Wildman–Crippen LogP) is 4.64. The van der Waals surface area contributed by atoms with Gasteiger partial charge in [-0.2, -0.15) is 0 Å². The van der Waals surface area contributed by atoms with Crippen molar-refractivity contribution in [3.63, 3.8) is 0 Å². The highest BCUT2D eigenvalue weighted by Gasteiger charge is 2.13. The normalized spacial score (nSPS) is 11.5. The van der Waals surface area contributed by atoms with Crippen LogP contribution in [0.4, 0.5) is 10.5 Å². The molecule has 0 heterocycles. The Bertz CT molecular complexity index is 880. The van der Waals surface area contributed by atoms with Gasteiger partial charge in [-0.05, 0) is 54.4 Å². The molecule has 0 saturated heterocycles. The number of nitrogens with one attached hydrogen (secondary N) is 2. The lowest BCUT2D eigenvalue weighted by Gasteiger charge is -2.17. The SMILES string of the molecule is Cc1cccc(Oc2ccc(NC(=O)N[C@H](CO)c3ccccc3)cc2)c1. The molecule has 5 nitrogen and oxygen atoms in total. The van der Waals surface area contributed by atoms with Crippen molar-refractivity contribution in [2.45, 2.75) is 13.0 Å². The summed E-state index contributed by atoms with van der Waals surface area (Å²) in [5.74, 6) is 1.45. The third kappa shape index (κ3) is 5.33. The highest BCUT2D eigenvalue weighted by molar-refractivity contribution is 5.89. The molecule has 3 rings (SSSR count). The van der Waals surface area contributed by atoms with Crippen LogP contribution in [0.15, 0.2) is 78.9 Å². The van der Waals surface area contributed by atoms with Gasteiger partial charge in [0.15, 0.2) is 0 Å². The van der Waals surface area contributed by atoms with Crippen molar-refractivity contribution in [3.8, 4) is 11.5 Å². The second kappa shape index (κ2) is 8.87. The first-order chi connectivity index (χ1) is 13.1. The molecular formula is C22H22N2O3. The van der Waals surface area contributed by atoms with Gasteiger partial charge in [0.25, 0.3) is 0 Å². The highest BCUT2D eigenvalue weighted by Crippen LogP contribution is 2.23. The maximum atomic E-state index is 12.2. The minimum absolute atomic E-state index is 0.180. The Labute approximate surface area is 158 Å². The predicted molar refractivity (Wildman–Crippen MR) is 106 cm³/mol. The summed E-state index contributed by atoms with van der Waals surface area (Å²) >= 11 is 0. The highest BCUT2D eigenvalue weighted by atomic mass is 16.5. The molecule has 0 aliphatic carbocycles. The largest absolute Gasteiger partial charge is 0.457 e. The molecule has 0 aliphatic rings. The van der Waals surface area contributed by atoms with Crippen LogP contribution in [0.3, 0.4) is 0 Å². The topological polar surface area (TPSA) is 70.6 Å². The Morgan fingerprint density at radius 1 is 0.963 bits per heavy atom. The fourth-order valence-electron chi connectivity index (χ4n) is 2.67. The van der Waals surface area contributed by atoms with Crippen LogP contribution in [-0.4, -0.2) is 17.7 Å². The summed E-state index contributed by atoms with van der Waals surface area (Å²) in [6.45, 7) is 1.83. The maximum Gasteiger partial charge on any atom is 0.319 e. The maximum absolute atomic E-state index is 12.2. The van der Waals surface area contributed by atoms with E-state index in [1.54, 1.807) is 24.3 Å². The van der Waals surface area contributed by atoms with E-state index in [2.05, 4.69) is 10.6 Å². The van der Waals surface area contributed by atoms with E-state index in [0.717, 1.165) is 16.9 Å². The van der Waals surface area contributed by atoms with Crippen LogP contribution in [0.5, 0.6) is 11.5 Å². The minimum atomic E-state index is -0.463. The van der Waals surface area contributed by atoms with E-state index in [1.165, 1.54) is 0 Å². The fraction of sp³-hybridized carbons (Fsp3) is 0.136. The molecule has 138 valence electrons. The van der Waals surface area contributed by atoms with Gasteiger partial charge in [0, 0.05) is 5.69 Å². The van der Waals surface area contributed by atoms with Gasteiger partial charge >= 0.3 is 6.03 Å². The zero-order valence-corrected chi connectivity index (χ0v) is 15.1. The summed E-state index contributed by atoms with van der Waals surface area (Å²) < 4.78 is 5.80. The second-order valence-corrected chi connectivity index (χ2v) is 6.19. The molecule has 5 heteroatoms. The number of benzene rings is 3. The van der Waals surface area contributed by atoms with Gasteiger partial charge in [-0.15, -0.1) is 0 Å². The zero-order valence-electron chi connectivity index (χ0n) is 15.1. The van der Waals surface area contributed by atoms with Crippen molar-refractivity contribution < 1.29 is 14.6 Å². The van der Waals surface area contributed by atoms with Crippen LogP contribution < -0.4 is 15.4 Å². The first-order valence-electron chi connectivity index (χ1n) is 8.72. The van der Waals surface area contributed by atoms with Crippen molar-refractivity contribution in [1.82, 2.24) is 5.32 Å². The van der Waals surface area contributed by atoms with Gasteiger partial charge in [-0.25, -0.2) is 4.79 Å². The molecule has 0 bridgehead atoms. The number of aliphatic hydroxyl groups excluding tert-OH is 1. The summed E-state index contributed by atoms with van der Waals surface area (Å²) in [6, 6.07) is 23.4. The van der Waals surface area contributed by atoms with Crippen molar-refractivity contribution in [2.24, 2.45) is 0 Å². The number of amides is 2. The molecule has 27 heavy (non-hydrogen) atoms. The Morgan fingerprint density at radius 2 is 1.70 bits per heavy atom. The Balaban J connectivity index is 1.58. The summed E-state index contributed by atoms with van der Waals surface area (Å²) in [6.07, 6.45) is 0. The molecular weight excluding hydrogens is 340 g/mol. The standard InChI is InChI=1S/C22H22N2O3/c1-16-6-5-9-20(14-16)27-19-12-10-18(11-13-19)23-22(26)24-21(15-25)17-7-3-2-4-8-17/h2-14,21,25H,15H2,1H3,(H2,23,24,26)/t21-/m1/s1. The summed E-state index contributed by atoms with van der Waals surface area (Å²) in [5, 5.41) is 15.1. The first kappa shape index (κ1) is 18.5. The average Bonchev–Trinajstić information content (AvgIpc) is 2.68. The van der Waals surface area contributed by atoms with Gasteiger partial charge in [-0.1, -0.05) is 42.5 Å². The smallest absolute Gasteiger partial charge is 0.319 e. The molecule has 3 aromatic rings. The number of carbonyl (C=O) groups excluding carboxylic acids is 1. The van der Waals surface area contributed by atoms with Crippen LogP contribution >= 0.6 is 0 Å². The number of carbonyl (C=O) groups is 1. The molecule has 0 aliphatic heterocycles. The van der Waals surface area contributed by atoms with Crippen LogP contribution in [0.25, 0.3) is 0 Å². The van der Waals surface area contributed by atoms with E-state index >= 15 is 0 Å². The van der Waals surface area contributed by atoms with Crippen LogP contribution in [0.1, 0.15) is 17.2 Å². The lowest BCUT2D eigenvalue weighted by atomic mass is 10.1. The molecule has 0 spiro atoms. The van der Waals surface area contributed by atoms with Crippen LogP contribution in [-0.2, 0) is 0 Å². The van der Waals surface area contributed by atoms with Gasteiger partial charge in [-0.3, -0.25) is 0 Å². The van der Waals surface area contributed by atoms with E-state index in [1.807, 2.05) is 61.5 Å². The van der Waals surface area contributed by atoms with E-state index < -0.39 is 6.04 Å². The van der Waals surface area contributed by atoms with Crippen molar-refractivity contribution in [1.29, 1.82) is 0 Å². The number of hydrogen-bond donors (Lipinski definition) is 3. The van der Waals surface area contributed by atoms with E-state index in [0.29, 0.717) is 11.4 Å².